The van der Waals surface area contributed by atoms with Gasteiger partial charge in [0.05, 0.1) is 11.8 Å². The average Bonchev–Trinajstić information content (AvgIpc) is 2.86. The normalized spacial score (nSPS) is 29.1. The van der Waals surface area contributed by atoms with E-state index in [1.165, 1.54) is 32.1 Å². The molecule has 0 aromatic rings. The zero-order chi connectivity index (χ0) is 13.0. The van der Waals surface area contributed by atoms with Crippen LogP contribution in [-0.2, 0) is 9.59 Å². The van der Waals surface area contributed by atoms with Crippen molar-refractivity contribution < 1.29 is 14.7 Å². The van der Waals surface area contributed by atoms with Gasteiger partial charge in [-0.1, -0.05) is 25.7 Å². The first kappa shape index (κ1) is 13.4. The fraction of sp³-hybridized carbons (Fsp3) is 0.857. The number of carbonyl (C=O) groups is 2. The van der Waals surface area contributed by atoms with Gasteiger partial charge < -0.3 is 10.4 Å². The van der Waals surface area contributed by atoms with Crippen molar-refractivity contribution >= 4 is 11.9 Å². The summed E-state index contributed by atoms with van der Waals surface area (Å²) in [7, 11) is 0. The van der Waals surface area contributed by atoms with Crippen LogP contribution in [0.25, 0.3) is 0 Å². The van der Waals surface area contributed by atoms with Gasteiger partial charge in [0, 0.05) is 6.54 Å². The molecule has 0 aromatic carbocycles. The van der Waals surface area contributed by atoms with Gasteiger partial charge in [-0.2, -0.15) is 0 Å². The summed E-state index contributed by atoms with van der Waals surface area (Å²) < 4.78 is 0. The average molecular weight is 253 g/mol. The van der Waals surface area contributed by atoms with Crippen molar-refractivity contribution in [2.75, 3.05) is 6.54 Å². The second kappa shape index (κ2) is 6.21. The molecule has 0 aliphatic heterocycles. The molecule has 4 heteroatoms. The highest BCUT2D eigenvalue weighted by Gasteiger charge is 2.37. The number of rotatable bonds is 4. The molecule has 0 aromatic heterocycles. The summed E-state index contributed by atoms with van der Waals surface area (Å²) in [5, 5.41) is 12.0. The van der Waals surface area contributed by atoms with E-state index in [9.17, 15) is 9.59 Å². The van der Waals surface area contributed by atoms with E-state index in [4.69, 9.17) is 5.11 Å². The SMILES string of the molecule is O=C(O)[C@H]1CCC[C@H]1C(=O)NCC1CCCCC1. The van der Waals surface area contributed by atoms with E-state index in [1.807, 2.05) is 0 Å². The summed E-state index contributed by atoms with van der Waals surface area (Å²) in [4.78, 5) is 23.1. The molecule has 2 aliphatic carbocycles. The molecule has 2 fully saturated rings. The Morgan fingerprint density at radius 1 is 0.944 bits per heavy atom. The third-order valence-corrected chi connectivity index (χ3v) is 4.46. The predicted octanol–water partition coefficient (Wildman–Crippen LogP) is 2.18. The Labute approximate surface area is 108 Å². The van der Waals surface area contributed by atoms with E-state index in [1.54, 1.807) is 0 Å². The second-order valence-corrected chi connectivity index (χ2v) is 5.73. The number of hydrogen-bond donors (Lipinski definition) is 2. The Hall–Kier alpha value is -1.06. The Balaban J connectivity index is 1.78. The van der Waals surface area contributed by atoms with Crippen molar-refractivity contribution in [2.45, 2.75) is 51.4 Å². The first-order valence-electron chi connectivity index (χ1n) is 7.19. The van der Waals surface area contributed by atoms with Crippen molar-refractivity contribution in [1.82, 2.24) is 5.32 Å². The number of carboxylic acid groups (broad SMARTS) is 1. The van der Waals surface area contributed by atoms with Gasteiger partial charge in [-0.25, -0.2) is 0 Å². The molecule has 2 N–H and O–H groups in total. The van der Waals surface area contributed by atoms with Gasteiger partial charge in [-0.15, -0.1) is 0 Å². The fourth-order valence-corrected chi connectivity index (χ4v) is 3.34. The van der Waals surface area contributed by atoms with E-state index >= 15 is 0 Å². The van der Waals surface area contributed by atoms with Crippen LogP contribution >= 0.6 is 0 Å². The minimum atomic E-state index is -0.815. The third-order valence-electron chi connectivity index (χ3n) is 4.46. The summed E-state index contributed by atoms with van der Waals surface area (Å²) in [5.74, 6) is -1.01. The van der Waals surface area contributed by atoms with Crippen LogP contribution in [-0.4, -0.2) is 23.5 Å². The molecule has 102 valence electrons. The lowest BCUT2D eigenvalue weighted by atomic mass is 9.89. The van der Waals surface area contributed by atoms with E-state index in [2.05, 4.69) is 5.32 Å². The maximum atomic E-state index is 12.0. The molecule has 0 bridgehead atoms. The summed E-state index contributed by atoms with van der Waals surface area (Å²) in [6.45, 7) is 0.738. The number of carbonyl (C=O) groups excluding carboxylic acids is 1. The zero-order valence-corrected chi connectivity index (χ0v) is 10.9. The van der Waals surface area contributed by atoms with Gasteiger partial charge in [-0.05, 0) is 31.6 Å². The summed E-state index contributed by atoms with van der Waals surface area (Å²) in [6, 6.07) is 0. The summed E-state index contributed by atoms with van der Waals surface area (Å²) in [5.41, 5.74) is 0. The number of amides is 1. The molecular formula is C14H23NO3. The van der Waals surface area contributed by atoms with Crippen molar-refractivity contribution in [1.29, 1.82) is 0 Å². The van der Waals surface area contributed by atoms with E-state index in [0.29, 0.717) is 12.3 Å². The smallest absolute Gasteiger partial charge is 0.307 e. The maximum absolute atomic E-state index is 12.0. The lowest BCUT2D eigenvalue weighted by Crippen LogP contribution is -2.38. The van der Waals surface area contributed by atoms with Crippen LogP contribution in [0.15, 0.2) is 0 Å². The van der Waals surface area contributed by atoms with Crippen molar-refractivity contribution in [3.05, 3.63) is 0 Å². The van der Waals surface area contributed by atoms with Crippen LogP contribution in [0.1, 0.15) is 51.4 Å². The summed E-state index contributed by atoms with van der Waals surface area (Å²) in [6.07, 6.45) is 8.49. The van der Waals surface area contributed by atoms with E-state index in [-0.39, 0.29) is 11.8 Å². The molecule has 0 saturated heterocycles. The number of carboxylic acids is 1. The van der Waals surface area contributed by atoms with Gasteiger partial charge >= 0.3 is 5.97 Å². The standard InChI is InChI=1S/C14H23NO3/c16-13(11-7-4-8-12(11)14(17)18)15-9-10-5-2-1-3-6-10/h10-12H,1-9H2,(H,15,16)(H,17,18)/t11-,12+/m1/s1. The van der Waals surface area contributed by atoms with Crippen LogP contribution in [0.5, 0.6) is 0 Å². The van der Waals surface area contributed by atoms with Crippen LogP contribution in [0.2, 0.25) is 0 Å². The molecule has 0 unspecified atom stereocenters. The van der Waals surface area contributed by atoms with Crippen LogP contribution in [0, 0.1) is 17.8 Å². The third kappa shape index (κ3) is 3.24. The van der Waals surface area contributed by atoms with Crippen molar-refractivity contribution in [2.24, 2.45) is 17.8 Å². The highest BCUT2D eigenvalue weighted by atomic mass is 16.4. The van der Waals surface area contributed by atoms with Crippen molar-refractivity contribution in [3.8, 4) is 0 Å². The van der Waals surface area contributed by atoms with Crippen molar-refractivity contribution in [3.63, 3.8) is 0 Å². The molecule has 1 amide bonds. The van der Waals surface area contributed by atoms with Crippen LogP contribution in [0.4, 0.5) is 0 Å². The number of aliphatic carboxylic acids is 1. The molecule has 18 heavy (non-hydrogen) atoms. The second-order valence-electron chi connectivity index (χ2n) is 5.73. The molecule has 2 atom stereocenters. The highest BCUT2D eigenvalue weighted by molar-refractivity contribution is 5.85. The summed E-state index contributed by atoms with van der Waals surface area (Å²) >= 11 is 0. The molecule has 0 heterocycles. The largest absolute Gasteiger partial charge is 0.481 e. The first-order valence-corrected chi connectivity index (χ1v) is 7.19. The topological polar surface area (TPSA) is 66.4 Å². The van der Waals surface area contributed by atoms with E-state index < -0.39 is 11.9 Å². The predicted molar refractivity (Wildman–Crippen MR) is 68.1 cm³/mol. The van der Waals surface area contributed by atoms with Gasteiger partial charge in [0.1, 0.15) is 0 Å². The van der Waals surface area contributed by atoms with Crippen LogP contribution < -0.4 is 5.32 Å². The molecule has 0 spiro atoms. The maximum Gasteiger partial charge on any atom is 0.307 e. The molecular weight excluding hydrogens is 230 g/mol. The molecule has 2 saturated carbocycles. The Morgan fingerprint density at radius 2 is 1.61 bits per heavy atom. The van der Waals surface area contributed by atoms with Gasteiger partial charge in [0.25, 0.3) is 0 Å². The fourth-order valence-electron chi connectivity index (χ4n) is 3.34. The quantitative estimate of drug-likeness (QED) is 0.807. The van der Waals surface area contributed by atoms with Crippen LogP contribution in [0.3, 0.4) is 0 Å². The first-order chi connectivity index (χ1) is 8.68. The van der Waals surface area contributed by atoms with Gasteiger partial charge in [0.2, 0.25) is 5.91 Å². The van der Waals surface area contributed by atoms with Gasteiger partial charge in [0.15, 0.2) is 0 Å². The molecule has 4 nitrogen and oxygen atoms in total. The highest BCUT2D eigenvalue weighted by Crippen LogP contribution is 2.32. The Kier molecular flexibility index (Phi) is 4.61. The molecule has 0 radical (unpaired) electrons. The number of nitrogens with one attached hydrogen (secondary N) is 1. The van der Waals surface area contributed by atoms with Gasteiger partial charge in [-0.3, -0.25) is 9.59 Å². The molecule has 2 aliphatic rings. The van der Waals surface area contributed by atoms with E-state index in [0.717, 1.165) is 19.4 Å². The Morgan fingerprint density at radius 3 is 2.28 bits per heavy atom. The minimum absolute atomic E-state index is 0.0366. The lowest BCUT2D eigenvalue weighted by Gasteiger charge is -2.23. The molecule has 2 rings (SSSR count). The monoisotopic (exact) mass is 253 g/mol. The number of hydrogen-bond acceptors (Lipinski definition) is 2. The zero-order valence-electron chi connectivity index (χ0n) is 10.9. The lowest BCUT2D eigenvalue weighted by molar-refractivity contribution is -0.146. The Bertz CT molecular complexity index is 310. The minimum Gasteiger partial charge on any atom is -0.481 e.